The molecular formula is C16H33N3. The van der Waals surface area contributed by atoms with Gasteiger partial charge in [-0.25, -0.2) is 0 Å². The van der Waals surface area contributed by atoms with Crippen molar-refractivity contribution in [3.05, 3.63) is 0 Å². The monoisotopic (exact) mass is 267 g/mol. The molecule has 0 spiro atoms. The fourth-order valence-electron chi connectivity index (χ4n) is 2.31. The van der Waals surface area contributed by atoms with Crippen LogP contribution in [0.3, 0.4) is 0 Å². The zero-order valence-electron chi connectivity index (χ0n) is 13.8. The normalized spacial score (nSPS) is 14.9. The number of nitriles is 1. The molecule has 0 amide bonds. The van der Waals surface area contributed by atoms with E-state index in [2.05, 4.69) is 58.0 Å². The van der Waals surface area contributed by atoms with Crippen molar-refractivity contribution in [1.82, 2.24) is 10.2 Å². The van der Waals surface area contributed by atoms with Gasteiger partial charge < -0.3 is 4.90 Å². The first-order valence-electron chi connectivity index (χ1n) is 7.72. The van der Waals surface area contributed by atoms with Gasteiger partial charge >= 0.3 is 0 Å². The van der Waals surface area contributed by atoms with Crippen molar-refractivity contribution in [2.45, 2.75) is 71.9 Å². The van der Waals surface area contributed by atoms with Crippen molar-refractivity contribution in [1.29, 1.82) is 5.26 Å². The minimum absolute atomic E-state index is 0.340. The van der Waals surface area contributed by atoms with Crippen LogP contribution in [0.5, 0.6) is 0 Å². The minimum Gasteiger partial charge on any atom is -0.306 e. The van der Waals surface area contributed by atoms with Crippen molar-refractivity contribution >= 4 is 0 Å². The summed E-state index contributed by atoms with van der Waals surface area (Å²) >= 11 is 0. The van der Waals surface area contributed by atoms with Crippen LogP contribution in [0.15, 0.2) is 0 Å². The Kier molecular flexibility index (Phi) is 9.05. The standard InChI is InChI=1S/C16H33N3/c1-7-16(13-17,18-15(4)5)10-8-11-19(6)12-9-14(2)3/h14-15,18H,7-12H2,1-6H3. The molecule has 0 aromatic heterocycles. The van der Waals surface area contributed by atoms with Gasteiger partial charge in [0.15, 0.2) is 0 Å². The number of hydrogen-bond donors (Lipinski definition) is 1. The van der Waals surface area contributed by atoms with Gasteiger partial charge in [0.2, 0.25) is 0 Å². The molecule has 0 rings (SSSR count). The van der Waals surface area contributed by atoms with Crippen LogP contribution in [-0.2, 0) is 0 Å². The fourth-order valence-corrected chi connectivity index (χ4v) is 2.31. The quantitative estimate of drug-likeness (QED) is 0.659. The fraction of sp³-hybridized carbons (Fsp3) is 0.938. The predicted molar refractivity (Wildman–Crippen MR) is 83.1 cm³/mol. The highest BCUT2D eigenvalue weighted by molar-refractivity contribution is 5.06. The van der Waals surface area contributed by atoms with Crippen LogP contribution < -0.4 is 5.32 Å². The maximum Gasteiger partial charge on any atom is 0.106 e. The topological polar surface area (TPSA) is 39.1 Å². The molecule has 1 atom stereocenters. The Morgan fingerprint density at radius 2 is 1.84 bits per heavy atom. The maximum atomic E-state index is 9.44. The van der Waals surface area contributed by atoms with Gasteiger partial charge in [0.05, 0.1) is 6.07 Å². The maximum absolute atomic E-state index is 9.44. The lowest BCUT2D eigenvalue weighted by Crippen LogP contribution is -2.47. The van der Waals surface area contributed by atoms with Crippen LogP contribution >= 0.6 is 0 Å². The van der Waals surface area contributed by atoms with E-state index < -0.39 is 0 Å². The van der Waals surface area contributed by atoms with Crippen molar-refractivity contribution in [2.75, 3.05) is 20.1 Å². The second kappa shape index (κ2) is 9.34. The van der Waals surface area contributed by atoms with Gasteiger partial charge in [-0.1, -0.05) is 20.8 Å². The molecule has 0 saturated carbocycles. The van der Waals surface area contributed by atoms with Crippen LogP contribution in [0.25, 0.3) is 0 Å². The Morgan fingerprint density at radius 3 is 2.26 bits per heavy atom. The highest BCUT2D eigenvalue weighted by Crippen LogP contribution is 2.18. The van der Waals surface area contributed by atoms with Crippen LogP contribution in [0.1, 0.15) is 60.3 Å². The lowest BCUT2D eigenvalue weighted by molar-refractivity contribution is 0.274. The number of rotatable bonds is 10. The predicted octanol–water partition coefficient (Wildman–Crippen LogP) is 3.41. The van der Waals surface area contributed by atoms with Crippen LogP contribution in [0.4, 0.5) is 0 Å². The molecule has 0 saturated heterocycles. The van der Waals surface area contributed by atoms with Gasteiger partial charge in [0, 0.05) is 6.04 Å². The average molecular weight is 267 g/mol. The van der Waals surface area contributed by atoms with E-state index in [0.29, 0.717) is 6.04 Å². The summed E-state index contributed by atoms with van der Waals surface area (Å²) in [5.74, 6) is 0.763. The SMILES string of the molecule is CCC(C#N)(CCCN(C)CCC(C)C)NC(C)C. The van der Waals surface area contributed by atoms with Crippen molar-refractivity contribution in [3.8, 4) is 6.07 Å². The molecule has 19 heavy (non-hydrogen) atoms. The summed E-state index contributed by atoms with van der Waals surface area (Å²) in [4.78, 5) is 2.38. The molecule has 0 aromatic rings. The summed E-state index contributed by atoms with van der Waals surface area (Å²) in [6, 6.07) is 2.85. The Balaban J connectivity index is 4.10. The first-order chi connectivity index (χ1) is 8.85. The third kappa shape index (κ3) is 8.23. The molecule has 0 radical (unpaired) electrons. The first kappa shape index (κ1) is 18.4. The molecular weight excluding hydrogens is 234 g/mol. The van der Waals surface area contributed by atoms with E-state index in [9.17, 15) is 5.26 Å². The molecule has 0 heterocycles. The zero-order valence-corrected chi connectivity index (χ0v) is 13.8. The van der Waals surface area contributed by atoms with Gasteiger partial charge in [-0.3, -0.25) is 5.32 Å². The van der Waals surface area contributed by atoms with Gasteiger partial charge in [0.1, 0.15) is 5.54 Å². The Labute approximate surface area is 120 Å². The smallest absolute Gasteiger partial charge is 0.106 e. The first-order valence-corrected chi connectivity index (χ1v) is 7.72. The molecule has 0 aromatic carbocycles. The largest absolute Gasteiger partial charge is 0.306 e. The van der Waals surface area contributed by atoms with Gasteiger partial charge in [-0.05, 0) is 65.6 Å². The molecule has 0 aliphatic heterocycles. The summed E-state index contributed by atoms with van der Waals surface area (Å²) in [5.41, 5.74) is -0.340. The molecule has 0 aliphatic rings. The van der Waals surface area contributed by atoms with Crippen LogP contribution in [0, 0.1) is 17.2 Å². The molecule has 1 N–H and O–H groups in total. The van der Waals surface area contributed by atoms with E-state index in [-0.39, 0.29) is 5.54 Å². The summed E-state index contributed by atoms with van der Waals surface area (Å²) in [5, 5.41) is 12.9. The van der Waals surface area contributed by atoms with Gasteiger partial charge in [0.25, 0.3) is 0 Å². The average Bonchev–Trinajstić information content (AvgIpc) is 2.34. The molecule has 0 aliphatic carbocycles. The molecule has 0 fully saturated rings. The minimum atomic E-state index is -0.340. The van der Waals surface area contributed by atoms with Crippen molar-refractivity contribution < 1.29 is 0 Å². The lowest BCUT2D eigenvalue weighted by Gasteiger charge is -2.30. The molecule has 112 valence electrons. The summed E-state index contributed by atoms with van der Waals surface area (Å²) in [7, 11) is 2.18. The van der Waals surface area contributed by atoms with Crippen LogP contribution in [0.2, 0.25) is 0 Å². The molecule has 3 nitrogen and oxygen atoms in total. The third-order valence-electron chi connectivity index (χ3n) is 3.61. The molecule has 0 bridgehead atoms. The molecule has 3 heteroatoms. The number of nitrogens with one attached hydrogen (secondary N) is 1. The van der Waals surface area contributed by atoms with Crippen LogP contribution in [-0.4, -0.2) is 36.6 Å². The third-order valence-corrected chi connectivity index (χ3v) is 3.61. The van der Waals surface area contributed by atoms with E-state index in [1.54, 1.807) is 0 Å². The van der Waals surface area contributed by atoms with Gasteiger partial charge in [-0.15, -0.1) is 0 Å². The Morgan fingerprint density at radius 1 is 1.21 bits per heavy atom. The van der Waals surface area contributed by atoms with Gasteiger partial charge in [-0.2, -0.15) is 5.26 Å². The number of hydrogen-bond acceptors (Lipinski definition) is 3. The summed E-state index contributed by atoms with van der Waals surface area (Å²) in [6.07, 6.45) is 4.13. The summed E-state index contributed by atoms with van der Waals surface area (Å²) < 4.78 is 0. The van der Waals surface area contributed by atoms with E-state index in [4.69, 9.17) is 0 Å². The van der Waals surface area contributed by atoms with E-state index in [1.807, 2.05) is 0 Å². The summed E-state index contributed by atoms with van der Waals surface area (Å²) in [6.45, 7) is 13.1. The molecule has 1 unspecified atom stereocenters. The lowest BCUT2D eigenvalue weighted by atomic mass is 9.91. The zero-order chi connectivity index (χ0) is 14.9. The Hall–Kier alpha value is -0.590. The van der Waals surface area contributed by atoms with Crippen molar-refractivity contribution in [3.63, 3.8) is 0 Å². The second-order valence-electron chi connectivity index (χ2n) is 6.44. The van der Waals surface area contributed by atoms with E-state index in [0.717, 1.165) is 38.3 Å². The number of nitrogens with zero attached hydrogens (tertiary/aromatic N) is 2. The van der Waals surface area contributed by atoms with Crippen molar-refractivity contribution in [2.24, 2.45) is 5.92 Å². The van der Waals surface area contributed by atoms with E-state index in [1.165, 1.54) is 6.42 Å². The Bertz CT molecular complexity index is 268. The van der Waals surface area contributed by atoms with E-state index >= 15 is 0 Å². The highest BCUT2D eigenvalue weighted by atomic mass is 15.1. The highest BCUT2D eigenvalue weighted by Gasteiger charge is 2.27. The second-order valence-corrected chi connectivity index (χ2v) is 6.44.